The van der Waals surface area contributed by atoms with Gasteiger partial charge in [-0.15, -0.1) is 11.3 Å². The SMILES string of the molecule is CCc1cc2nc(C#N)c(Br)c(Cl)c2s1. The monoisotopic (exact) mass is 300 g/mol. The number of pyridine rings is 1. The van der Waals surface area contributed by atoms with Gasteiger partial charge in [0.2, 0.25) is 0 Å². The predicted octanol–water partition coefficient (Wildman–Crippen LogP) is 4.15. The summed E-state index contributed by atoms with van der Waals surface area (Å²) >= 11 is 11.1. The number of fused-ring (bicyclic) bond motifs is 1. The van der Waals surface area contributed by atoms with E-state index in [2.05, 4.69) is 27.8 Å². The molecule has 0 aliphatic carbocycles. The molecular formula is C10H6BrClN2S. The van der Waals surface area contributed by atoms with Crippen LogP contribution >= 0.6 is 38.9 Å². The summed E-state index contributed by atoms with van der Waals surface area (Å²) in [5, 5.41) is 9.45. The zero-order chi connectivity index (χ0) is 11.0. The Morgan fingerprint density at radius 3 is 3.00 bits per heavy atom. The van der Waals surface area contributed by atoms with Crippen LogP contribution in [0, 0.1) is 11.3 Å². The number of nitriles is 1. The van der Waals surface area contributed by atoms with E-state index in [1.807, 2.05) is 12.1 Å². The summed E-state index contributed by atoms with van der Waals surface area (Å²) < 4.78 is 1.53. The number of aryl methyl sites for hydroxylation is 1. The lowest BCUT2D eigenvalue weighted by atomic mass is 10.3. The molecule has 0 fully saturated rings. The molecule has 0 amide bonds. The Labute approximate surface area is 105 Å². The molecule has 0 aliphatic rings. The molecule has 0 aromatic carbocycles. The largest absolute Gasteiger partial charge is 0.235 e. The van der Waals surface area contributed by atoms with Crippen molar-refractivity contribution in [2.24, 2.45) is 0 Å². The third kappa shape index (κ3) is 1.76. The average Bonchev–Trinajstić information content (AvgIpc) is 2.66. The van der Waals surface area contributed by atoms with Crippen LogP contribution in [0.15, 0.2) is 10.5 Å². The smallest absolute Gasteiger partial charge is 0.156 e. The van der Waals surface area contributed by atoms with E-state index in [4.69, 9.17) is 16.9 Å². The quantitative estimate of drug-likeness (QED) is 0.793. The highest BCUT2D eigenvalue weighted by Crippen LogP contribution is 2.37. The van der Waals surface area contributed by atoms with Crippen molar-refractivity contribution < 1.29 is 0 Å². The second kappa shape index (κ2) is 4.09. The van der Waals surface area contributed by atoms with E-state index in [9.17, 15) is 0 Å². The summed E-state index contributed by atoms with van der Waals surface area (Å²) in [4.78, 5) is 5.46. The van der Waals surface area contributed by atoms with Crippen LogP contribution in [0.1, 0.15) is 17.5 Å². The molecule has 2 rings (SSSR count). The maximum Gasteiger partial charge on any atom is 0.156 e. The Bertz CT molecular complexity index is 571. The summed E-state index contributed by atoms with van der Waals surface area (Å²) in [7, 11) is 0. The Kier molecular flexibility index (Phi) is 2.96. The summed E-state index contributed by atoms with van der Waals surface area (Å²) in [6.45, 7) is 2.08. The number of hydrogen-bond donors (Lipinski definition) is 0. The molecule has 2 aromatic rings. The zero-order valence-corrected chi connectivity index (χ0v) is 11.0. The van der Waals surface area contributed by atoms with E-state index >= 15 is 0 Å². The first-order valence-electron chi connectivity index (χ1n) is 4.35. The van der Waals surface area contributed by atoms with Gasteiger partial charge in [-0.25, -0.2) is 4.98 Å². The summed E-state index contributed by atoms with van der Waals surface area (Å²) in [6.07, 6.45) is 0.955. The van der Waals surface area contributed by atoms with Crippen LogP contribution < -0.4 is 0 Å². The highest BCUT2D eigenvalue weighted by Gasteiger charge is 2.13. The molecule has 0 saturated carbocycles. The first-order valence-corrected chi connectivity index (χ1v) is 6.33. The molecule has 0 atom stereocenters. The molecule has 76 valence electrons. The van der Waals surface area contributed by atoms with Crippen molar-refractivity contribution in [3.8, 4) is 6.07 Å². The van der Waals surface area contributed by atoms with E-state index in [1.165, 1.54) is 4.88 Å². The van der Waals surface area contributed by atoms with Gasteiger partial charge in [0.1, 0.15) is 6.07 Å². The molecule has 2 heterocycles. The van der Waals surface area contributed by atoms with Crippen molar-refractivity contribution in [1.82, 2.24) is 4.98 Å². The molecule has 0 unspecified atom stereocenters. The molecule has 0 bridgehead atoms. The van der Waals surface area contributed by atoms with Crippen molar-refractivity contribution >= 4 is 49.1 Å². The van der Waals surface area contributed by atoms with Gasteiger partial charge in [0.15, 0.2) is 5.69 Å². The molecule has 0 radical (unpaired) electrons. The van der Waals surface area contributed by atoms with E-state index in [-0.39, 0.29) is 0 Å². The number of nitrogens with zero attached hydrogens (tertiary/aromatic N) is 2. The van der Waals surface area contributed by atoms with Gasteiger partial charge in [-0.3, -0.25) is 0 Å². The molecule has 0 spiro atoms. The highest BCUT2D eigenvalue weighted by molar-refractivity contribution is 9.10. The van der Waals surface area contributed by atoms with Gasteiger partial charge in [-0.2, -0.15) is 5.26 Å². The first-order chi connectivity index (χ1) is 7.17. The number of rotatable bonds is 1. The van der Waals surface area contributed by atoms with Gasteiger partial charge in [-0.1, -0.05) is 18.5 Å². The minimum absolute atomic E-state index is 0.341. The molecule has 2 nitrogen and oxygen atoms in total. The summed E-state index contributed by atoms with van der Waals surface area (Å²) in [5.74, 6) is 0. The summed E-state index contributed by atoms with van der Waals surface area (Å²) in [6, 6.07) is 4.00. The normalized spacial score (nSPS) is 10.5. The third-order valence-corrected chi connectivity index (χ3v) is 4.83. The maximum absolute atomic E-state index is 8.87. The predicted molar refractivity (Wildman–Crippen MR) is 66.4 cm³/mol. The third-order valence-electron chi connectivity index (χ3n) is 2.05. The van der Waals surface area contributed by atoms with Crippen LogP contribution in [0.5, 0.6) is 0 Å². The van der Waals surface area contributed by atoms with E-state index in [1.54, 1.807) is 11.3 Å². The van der Waals surface area contributed by atoms with Crippen molar-refractivity contribution in [3.05, 3.63) is 26.1 Å². The molecule has 0 aliphatic heterocycles. The van der Waals surface area contributed by atoms with Crippen molar-refractivity contribution in [2.75, 3.05) is 0 Å². The Balaban J connectivity index is 2.83. The van der Waals surface area contributed by atoms with Crippen LogP contribution in [0.2, 0.25) is 5.02 Å². The van der Waals surface area contributed by atoms with Gasteiger partial charge in [-0.05, 0) is 28.4 Å². The Hall–Kier alpha value is -0.630. The minimum atomic E-state index is 0.341. The second-order valence-corrected chi connectivity index (χ2v) is 5.29. The number of hydrogen-bond acceptors (Lipinski definition) is 3. The van der Waals surface area contributed by atoms with Crippen LogP contribution in [-0.2, 0) is 6.42 Å². The Morgan fingerprint density at radius 1 is 1.67 bits per heavy atom. The molecule has 0 saturated heterocycles. The fourth-order valence-corrected chi connectivity index (χ4v) is 3.08. The number of halogens is 2. The summed E-state index contributed by atoms with van der Waals surface area (Å²) in [5.41, 5.74) is 1.15. The standard InChI is InChI=1S/C10H6BrClN2S/c1-2-5-3-6-10(15-5)9(12)8(11)7(4-13)14-6/h3H,2H2,1H3. The average molecular weight is 302 g/mol. The van der Waals surface area contributed by atoms with Crippen LogP contribution in [-0.4, -0.2) is 4.98 Å². The lowest BCUT2D eigenvalue weighted by molar-refractivity contribution is 1.19. The lowest BCUT2D eigenvalue weighted by Gasteiger charge is -1.98. The second-order valence-electron chi connectivity index (χ2n) is 2.98. The zero-order valence-electron chi connectivity index (χ0n) is 7.84. The van der Waals surface area contributed by atoms with Crippen molar-refractivity contribution in [1.29, 1.82) is 5.26 Å². The molecule has 2 aromatic heterocycles. The van der Waals surface area contributed by atoms with Crippen molar-refractivity contribution in [3.63, 3.8) is 0 Å². The molecule has 0 N–H and O–H groups in total. The topological polar surface area (TPSA) is 36.7 Å². The van der Waals surface area contributed by atoms with Crippen LogP contribution in [0.3, 0.4) is 0 Å². The fourth-order valence-electron chi connectivity index (χ4n) is 1.29. The lowest BCUT2D eigenvalue weighted by Crippen LogP contribution is -1.85. The Morgan fingerprint density at radius 2 is 2.40 bits per heavy atom. The van der Waals surface area contributed by atoms with Crippen LogP contribution in [0.25, 0.3) is 10.2 Å². The van der Waals surface area contributed by atoms with Gasteiger partial charge in [0.25, 0.3) is 0 Å². The molecule has 5 heteroatoms. The minimum Gasteiger partial charge on any atom is -0.235 e. The highest BCUT2D eigenvalue weighted by atomic mass is 79.9. The van der Waals surface area contributed by atoms with Crippen LogP contribution in [0.4, 0.5) is 0 Å². The number of aromatic nitrogens is 1. The molecule has 15 heavy (non-hydrogen) atoms. The molecular weight excluding hydrogens is 296 g/mol. The maximum atomic E-state index is 8.87. The van der Waals surface area contributed by atoms with E-state index in [0.717, 1.165) is 16.6 Å². The van der Waals surface area contributed by atoms with Gasteiger partial charge >= 0.3 is 0 Å². The van der Waals surface area contributed by atoms with E-state index < -0.39 is 0 Å². The van der Waals surface area contributed by atoms with Gasteiger partial charge in [0.05, 0.1) is 19.7 Å². The van der Waals surface area contributed by atoms with Gasteiger partial charge < -0.3 is 0 Å². The van der Waals surface area contributed by atoms with E-state index in [0.29, 0.717) is 15.2 Å². The fraction of sp³-hybridized carbons (Fsp3) is 0.200. The first kappa shape index (κ1) is 10.9. The van der Waals surface area contributed by atoms with Gasteiger partial charge in [0, 0.05) is 4.88 Å². The van der Waals surface area contributed by atoms with Crippen molar-refractivity contribution in [2.45, 2.75) is 13.3 Å². The number of thiophene rings is 1.